The van der Waals surface area contributed by atoms with Gasteiger partial charge in [0.25, 0.3) is 0 Å². The minimum atomic E-state index is -1.43. The van der Waals surface area contributed by atoms with E-state index in [0.29, 0.717) is 5.46 Å². The van der Waals surface area contributed by atoms with Crippen molar-refractivity contribution >= 4 is 12.6 Å². The predicted molar refractivity (Wildman–Crippen MR) is 94.2 cm³/mol. The highest BCUT2D eigenvalue weighted by atomic mass is 16.4. The van der Waals surface area contributed by atoms with Crippen LogP contribution >= 0.6 is 0 Å². The van der Waals surface area contributed by atoms with Crippen LogP contribution in [0.4, 0.5) is 0 Å². The van der Waals surface area contributed by atoms with E-state index in [-0.39, 0.29) is 0 Å². The number of hydrogen-bond donors (Lipinski definition) is 2. The fourth-order valence-corrected chi connectivity index (χ4v) is 2.79. The second-order valence-electron chi connectivity index (χ2n) is 5.83. The lowest BCUT2D eigenvalue weighted by molar-refractivity contribution is 0.426. The molecule has 0 saturated heterocycles. The highest BCUT2D eigenvalue weighted by molar-refractivity contribution is 6.60. The standard InChI is InChI=1S/C19H25BO2/c1-2-3-4-5-7-10-16-13-14-18(19(15-16)20(21)22)17-11-8-6-9-12-17/h6,8-9,11-15,21-22H,2-5,7,10H2,1H3. The number of benzene rings is 2. The molecule has 2 aromatic rings. The van der Waals surface area contributed by atoms with Gasteiger partial charge >= 0.3 is 7.12 Å². The van der Waals surface area contributed by atoms with Crippen LogP contribution in [-0.2, 0) is 6.42 Å². The minimum absolute atomic E-state index is 0.595. The Hall–Kier alpha value is -1.58. The summed E-state index contributed by atoms with van der Waals surface area (Å²) in [6.45, 7) is 2.22. The summed E-state index contributed by atoms with van der Waals surface area (Å²) in [6, 6.07) is 15.9. The van der Waals surface area contributed by atoms with Gasteiger partial charge in [-0.05, 0) is 35.0 Å². The SMILES string of the molecule is CCCCCCCc1ccc(-c2ccccc2)c(B(O)O)c1. The molecular formula is C19H25BO2. The molecular weight excluding hydrogens is 271 g/mol. The van der Waals surface area contributed by atoms with E-state index >= 15 is 0 Å². The highest BCUT2D eigenvalue weighted by Crippen LogP contribution is 2.19. The summed E-state index contributed by atoms with van der Waals surface area (Å²) in [5.41, 5.74) is 3.68. The summed E-state index contributed by atoms with van der Waals surface area (Å²) in [7, 11) is -1.43. The van der Waals surface area contributed by atoms with Crippen LogP contribution in [-0.4, -0.2) is 17.2 Å². The molecule has 2 rings (SSSR count). The van der Waals surface area contributed by atoms with E-state index in [1.807, 2.05) is 42.5 Å². The Morgan fingerprint density at radius 3 is 2.27 bits per heavy atom. The fraction of sp³-hybridized carbons (Fsp3) is 0.368. The molecule has 0 aliphatic carbocycles. The Morgan fingerprint density at radius 2 is 1.59 bits per heavy atom. The lowest BCUT2D eigenvalue weighted by Crippen LogP contribution is -2.32. The fourth-order valence-electron chi connectivity index (χ4n) is 2.79. The van der Waals surface area contributed by atoms with Gasteiger partial charge in [-0.2, -0.15) is 0 Å². The third kappa shape index (κ3) is 4.72. The minimum Gasteiger partial charge on any atom is -0.423 e. The van der Waals surface area contributed by atoms with Crippen LogP contribution in [0.25, 0.3) is 11.1 Å². The van der Waals surface area contributed by atoms with Crippen molar-refractivity contribution in [3.63, 3.8) is 0 Å². The van der Waals surface area contributed by atoms with E-state index in [1.54, 1.807) is 0 Å². The number of unbranched alkanes of at least 4 members (excludes halogenated alkanes) is 4. The van der Waals surface area contributed by atoms with Crippen LogP contribution in [0.1, 0.15) is 44.6 Å². The molecule has 116 valence electrons. The molecule has 22 heavy (non-hydrogen) atoms. The van der Waals surface area contributed by atoms with E-state index in [2.05, 4.69) is 13.0 Å². The van der Waals surface area contributed by atoms with Gasteiger partial charge in [-0.15, -0.1) is 0 Å². The molecule has 3 heteroatoms. The van der Waals surface area contributed by atoms with Crippen molar-refractivity contribution in [2.75, 3.05) is 0 Å². The van der Waals surface area contributed by atoms with Crippen molar-refractivity contribution < 1.29 is 10.0 Å². The van der Waals surface area contributed by atoms with E-state index in [9.17, 15) is 10.0 Å². The van der Waals surface area contributed by atoms with Gasteiger partial charge in [0, 0.05) is 0 Å². The van der Waals surface area contributed by atoms with Gasteiger partial charge in [0.1, 0.15) is 0 Å². The number of rotatable bonds is 8. The van der Waals surface area contributed by atoms with Gasteiger partial charge in [0.2, 0.25) is 0 Å². The number of hydrogen-bond acceptors (Lipinski definition) is 2. The maximum Gasteiger partial charge on any atom is 0.489 e. The molecule has 0 spiro atoms. The van der Waals surface area contributed by atoms with Crippen molar-refractivity contribution in [3.8, 4) is 11.1 Å². The lowest BCUT2D eigenvalue weighted by Gasteiger charge is -2.12. The van der Waals surface area contributed by atoms with Crippen LogP contribution in [0.3, 0.4) is 0 Å². The Balaban J connectivity index is 2.10. The normalized spacial score (nSPS) is 10.7. The first-order valence-corrected chi connectivity index (χ1v) is 8.26. The summed E-state index contributed by atoms with van der Waals surface area (Å²) in [5.74, 6) is 0. The maximum atomic E-state index is 9.69. The zero-order valence-corrected chi connectivity index (χ0v) is 13.3. The van der Waals surface area contributed by atoms with Crippen molar-refractivity contribution in [1.82, 2.24) is 0 Å². The number of aryl methyl sites for hydroxylation is 1. The first kappa shape index (κ1) is 16.8. The molecule has 2 N–H and O–H groups in total. The van der Waals surface area contributed by atoms with Crippen molar-refractivity contribution in [2.24, 2.45) is 0 Å². The lowest BCUT2D eigenvalue weighted by atomic mass is 9.74. The molecule has 0 unspecified atom stereocenters. The van der Waals surface area contributed by atoms with Crippen LogP contribution in [0.2, 0.25) is 0 Å². The van der Waals surface area contributed by atoms with Crippen LogP contribution in [0, 0.1) is 0 Å². The van der Waals surface area contributed by atoms with E-state index in [0.717, 1.165) is 24.0 Å². The van der Waals surface area contributed by atoms with Gasteiger partial charge in [-0.3, -0.25) is 0 Å². The molecule has 0 fully saturated rings. The molecule has 0 radical (unpaired) electrons. The largest absolute Gasteiger partial charge is 0.489 e. The van der Waals surface area contributed by atoms with Crippen LogP contribution in [0.5, 0.6) is 0 Å². The Kier molecular flexibility index (Phi) is 6.69. The van der Waals surface area contributed by atoms with Crippen molar-refractivity contribution in [2.45, 2.75) is 45.4 Å². The van der Waals surface area contributed by atoms with Crippen LogP contribution < -0.4 is 5.46 Å². The summed E-state index contributed by atoms with van der Waals surface area (Å²) >= 11 is 0. The average Bonchev–Trinajstić information content (AvgIpc) is 2.55. The molecule has 0 aliphatic heterocycles. The first-order chi connectivity index (χ1) is 10.7. The van der Waals surface area contributed by atoms with Crippen molar-refractivity contribution in [3.05, 3.63) is 54.1 Å². The molecule has 0 aromatic heterocycles. The van der Waals surface area contributed by atoms with Crippen LogP contribution in [0.15, 0.2) is 48.5 Å². The molecule has 0 amide bonds. The third-order valence-electron chi connectivity index (χ3n) is 4.05. The summed E-state index contributed by atoms with van der Waals surface area (Å²) < 4.78 is 0. The second-order valence-corrected chi connectivity index (χ2v) is 5.83. The molecule has 2 aromatic carbocycles. The Labute approximate surface area is 134 Å². The third-order valence-corrected chi connectivity index (χ3v) is 4.05. The molecule has 0 atom stereocenters. The molecule has 2 nitrogen and oxygen atoms in total. The van der Waals surface area contributed by atoms with E-state index in [4.69, 9.17) is 0 Å². The molecule has 0 bridgehead atoms. The van der Waals surface area contributed by atoms with E-state index in [1.165, 1.54) is 31.2 Å². The highest BCUT2D eigenvalue weighted by Gasteiger charge is 2.17. The predicted octanol–water partition coefficient (Wildman–Crippen LogP) is 3.55. The smallest absolute Gasteiger partial charge is 0.423 e. The van der Waals surface area contributed by atoms with E-state index < -0.39 is 7.12 Å². The Bertz CT molecular complexity index is 567. The topological polar surface area (TPSA) is 40.5 Å². The van der Waals surface area contributed by atoms with Gasteiger partial charge in [-0.25, -0.2) is 0 Å². The zero-order chi connectivity index (χ0) is 15.8. The first-order valence-electron chi connectivity index (χ1n) is 8.26. The molecule has 0 heterocycles. The van der Waals surface area contributed by atoms with Gasteiger partial charge < -0.3 is 10.0 Å². The monoisotopic (exact) mass is 296 g/mol. The average molecular weight is 296 g/mol. The summed E-state index contributed by atoms with van der Waals surface area (Å²) in [5, 5.41) is 19.4. The zero-order valence-electron chi connectivity index (χ0n) is 13.3. The second kappa shape index (κ2) is 8.77. The quantitative estimate of drug-likeness (QED) is 0.578. The Morgan fingerprint density at radius 1 is 0.864 bits per heavy atom. The summed E-state index contributed by atoms with van der Waals surface area (Å²) in [4.78, 5) is 0. The molecule has 0 aliphatic rings. The maximum absolute atomic E-state index is 9.69. The van der Waals surface area contributed by atoms with Gasteiger partial charge in [0.15, 0.2) is 0 Å². The van der Waals surface area contributed by atoms with Gasteiger partial charge in [-0.1, -0.05) is 81.1 Å². The summed E-state index contributed by atoms with van der Waals surface area (Å²) in [6.07, 6.45) is 7.24. The molecule has 0 saturated carbocycles. The van der Waals surface area contributed by atoms with Crippen molar-refractivity contribution in [1.29, 1.82) is 0 Å². The van der Waals surface area contributed by atoms with Gasteiger partial charge in [0.05, 0.1) is 0 Å².